The summed E-state index contributed by atoms with van der Waals surface area (Å²) in [5.74, 6) is -0.946. The Bertz CT molecular complexity index is 1160. The summed E-state index contributed by atoms with van der Waals surface area (Å²) in [6, 6.07) is 4.40. The van der Waals surface area contributed by atoms with Crippen LogP contribution in [0, 0.1) is 11.3 Å². The fourth-order valence-corrected chi connectivity index (χ4v) is 6.40. The molecule has 0 saturated carbocycles. The Morgan fingerprint density at radius 2 is 2.00 bits per heavy atom. The molecule has 3 aliphatic heterocycles. The molecule has 3 heterocycles. The highest BCUT2D eigenvalue weighted by Gasteiger charge is 2.65. The maximum atomic E-state index is 14.1. The molecule has 0 radical (unpaired) electrons. The number of piperidine rings is 1. The van der Waals surface area contributed by atoms with Gasteiger partial charge in [-0.2, -0.15) is 0 Å². The van der Waals surface area contributed by atoms with Gasteiger partial charge in [-0.15, -0.1) is 0 Å². The van der Waals surface area contributed by atoms with E-state index in [1.165, 1.54) is 6.08 Å². The molecule has 4 N–H and O–H groups in total. The molecule has 2 amide bonds. The van der Waals surface area contributed by atoms with Crippen molar-refractivity contribution in [3.05, 3.63) is 64.2 Å². The average molecular weight is 564 g/mol. The zero-order valence-electron chi connectivity index (χ0n) is 22.2. The van der Waals surface area contributed by atoms with Crippen LogP contribution in [0.15, 0.2) is 53.6 Å². The molecule has 4 atom stereocenters. The number of hydrogen-bond acceptors (Lipinski definition) is 4. The van der Waals surface area contributed by atoms with Gasteiger partial charge in [0, 0.05) is 33.7 Å². The van der Waals surface area contributed by atoms with E-state index >= 15 is 0 Å². The molecule has 6 nitrogen and oxygen atoms in total. The number of fused-ring (bicyclic) bond motifs is 2. The fraction of sp³-hybridized carbons (Fsp3) is 0.517. The zero-order chi connectivity index (χ0) is 27.7. The number of anilines is 1. The number of nitrogens with one attached hydrogen (secondary N) is 4. The van der Waals surface area contributed by atoms with E-state index in [2.05, 4.69) is 48.6 Å². The lowest BCUT2D eigenvalue weighted by Crippen LogP contribution is -2.52. The third-order valence-electron chi connectivity index (χ3n) is 7.70. The first-order chi connectivity index (χ1) is 18.0. The van der Waals surface area contributed by atoms with Crippen LogP contribution >= 0.6 is 23.2 Å². The Kier molecular flexibility index (Phi) is 8.72. The van der Waals surface area contributed by atoms with Crippen LogP contribution in [0.2, 0.25) is 5.02 Å². The number of amides is 2. The van der Waals surface area contributed by atoms with Crippen molar-refractivity contribution in [2.75, 3.05) is 25.1 Å². The van der Waals surface area contributed by atoms with Crippen molar-refractivity contribution in [3.63, 3.8) is 0 Å². The summed E-state index contributed by atoms with van der Waals surface area (Å²) in [5, 5.41) is 13.7. The van der Waals surface area contributed by atoms with E-state index < -0.39 is 24.0 Å². The van der Waals surface area contributed by atoms with Crippen LogP contribution < -0.4 is 21.3 Å². The van der Waals surface area contributed by atoms with E-state index in [-0.39, 0.29) is 34.3 Å². The van der Waals surface area contributed by atoms with Crippen molar-refractivity contribution < 1.29 is 14.0 Å². The van der Waals surface area contributed by atoms with Gasteiger partial charge < -0.3 is 21.3 Å². The molecule has 0 bridgehead atoms. The lowest BCUT2D eigenvalue weighted by molar-refractivity contribution is -0.125. The minimum atomic E-state index is -1.10. The summed E-state index contributed by atoms with van der Waals surface area (Å²) in [7, 11) is 0. The molecule has 1 aromatic carbocycles. The largest absolute Gasteiger partial charge is 0.352 e. The summed E-state index contributed by atoms with van der Waals surface area (Å²) in [6.07, 6.45) is 7.12. The first-order valence-electron chi connectivity index (χ1n) is 13.1. The van der Waals surface area contributed by atoms with Gasteiger partial charge in [0.15, 0.2) is 0 Å². The molecule has 0 aliphatic carbocycles. The van der Waals surface area contributed by atoms with Crippen molar-refractivity contribution in [3.8, 4) is 0 Å². The summed E-state index contributed by atoms with van der Waals surface area (Å²) in [4.78, 5) is 28.0. The van der Waals surface area contributed by atoms with Crippen molar-refractivity contribution >= 4 is 40.7 Å². The fourth-order valence-electron chi connectivity index (χ4n) is 6.15. The number of carbonyl (C=O) groups excluding carboxylic acids is 2. The van der Waals surface area contributed by atoms with Gasteiger partial charge in [-0.1, -0.05) is 68.8 Å². The predicted octanol–water partition coefficient (Wildman–Crippen LogP) is 5.00. The number of carbonyl (C=O) groups is 2. The molecule has 2 fully saturated rings. The van der Waals surface area contributed by atoms with Crippen LogP contribution in [0.3, 0.4) is 0 Å². The first kappa shape index (κ1) is 28.8. The van der Waals surface area contributed by atoms with E-state index in [1.54, 1.807) is 24.3 Å². The standard InChI is InChI=1S/C29H37Cl2FN4O2/c1-17(6-5-7-19(31)16-32)24-25(26(37)34-20-10-12-33-13-11-20)36-23(15-28(2,3)4)29(24)21-9-8-18(30)14-22(21)35-27(29)38/h5-9,14,20,23-25,33,36H,1,10-13,15-16H2,2-4H3,(H,34,37)(H,35,38)/b6-5-,19-7+/t23-,24+,25-,29+/m1/s1. The van der Waals surface area contributed by atoms with Crippen LogP contribution in [0.25, 0.3) is 0 Å². The average Bonchev–Trinajstić information content (AvgIpc) is 3.33. The van der Waals surface area contributed by atoms with Crippen molar-refractivity contribution in [2.24, 2.45) is 11.3 Å². The monoisotopic (exact) mass is 562 g/mol. The number of halogens is 3. The zero-order valence-corrected chi connectivity index (χ0v) is 23.7. The van der Waals surface area contributed by atoms with Gasteiger partial charge in [-0.25, -0.2) is 4.39 Å². The highest BCUT2D eigenvalue weighted by Crippen LogP contribution is 2.55. The Balaban J connectivity index is 1.83. The maximum absolute atomic E-state index is 14.1. The molecule has 0 aromatic heterocycles. The topological polar surface area (TPSA) is 82.3 Å². The minimum absolute atomic E-state index is 0.0534. The lowest BCUT2D eigenvalue weighted by Gasteiger charge is -2.38. The quantitative estimate of drug-likeness (QED) is 0.352. The number of allylic oxidation sites excluding steroid dienone is 4. The van der Waals surface area contributed by atoms with Crippen LogP contribution in [-0.4, -0.2) is 49.7 Å². The molecule has 3 aliphatic rings. The normalized spacial score (nSPS) is 28.1. The Morgan fingerprint density at radius 1 is 1.29 bits per heavy atom. The van der Waals surface area contributed by atoms with Gasteiger partial charge in [-0.05, 0) is 67.1 Å². The molecule has 1 spiro atoms. The van der Waals surface area contributed by atoms with Crippen LogP contribution in [-0.2, 0) is 15.0 Å². The van der Waals surface area contributed by atoms with Crippen molar-refractivity contribution in [1.29, 1.82) is 0 Å². The van der Waals surface area contributed by atoms with E-state index in [9.17, 15) is 14.0 Å². The Hall–Kier alpha value is -2.19. The van der Waals surface area contributed by atoms with Gasteiger partial charge in [0.05, 0.1) is 6.04 Å². The predicted molar refractivity (Wildman–Crippen MR) is 152 cm³/mol. The summed E-state index contributed by atoms with van der Waals surface area (Å²) >= 11 is 12.2. The number of rotatable bonds is 7. The molecular formula is C29H37Cl2FN4O2. The Labute approximate surface area is 234 Å². The van der Waals surface area contributed by atoms with Gasteiger partial charge in [0.2, 0.25) is 11.8 Å². The second kappa shape index (κ2) is 11.5. The third-order valence-corrected chi connectivity index (χ3v) is 8.17. The van der Waals surface area contributed by atoms with E-state index in [0.717, 1.165) is 31.5 Å². The molecule has 0 unspecified atom stereocenters. The molecule has 9 heteroatoms. The molecule has 38 heavy (non-hydrogen) atoms. The van der Waals surface area contributed by atoms with Gasteiger partial charge in [-0.3, -0.25) is 9.59 Å². The molecule has 4 rings (SSSR count). The van der Waals surface area contributed by atoms with Gasteiger partial charge >= 0.3 is 0 Å². The SMILES string of the molecule is C=C(/C=C\C=C(\Cl)CF)[C@H]1[C@H](C(=O)NC2CCNCC2)N[C@H](CC(C)(C)C)[C@]12C(=O)Nc1cc(Cl)ccc12. The first-order valence-corrected chi connectivity index (χ1v) is 13.9. The maximum Gasteiger partial charge on any atom is 0.238 e. The number of hydrogen-bond donors (Lipinski definition) is 4. The second-order valence-corrected chi connectivity index (χ2v) is 12.6. The highest BCUT2D eigenvalue weighted by molar-refractivity contribution is 6.31. The van der Waals surface area contributed by atoms with Crippen LogP contribution in [0.4, 0.5) is 10.1 Å². The number of benzene rings is 1. The van der Waals surface area contributed by atoms with E-state index in [4.69, 9.17) is 23.2 Å². The highest BCUT2D eigenvalue weighted by atomic mass is 35.5. The summed E-state index contributed by atoms with van der Waals surface area (Å²) < 4.78 is 12.9. The Morgan fingerprint density at radius 3 is 2.66 bits per heavy atom. The van der Waals surface area contributed by atoms with Crippen molar-refractivity contribution in [1.82, 2.24) is 16.0 Å². The van der Waals surface area contributed by atoms with Gasteiger partial charge in [0.25, 0.3) is 0 Å². The third kappa shape index (κ3) is 5.71. The summed E-state index contributed by atoms with van der Waals surface area (Å²) in [5.41, 5.74) is 0.780. The molecule has 2 saturated heterocycles. The lowest BCUT2D eigenvalue weighted by atomic mass is 9.62. The van der Waals surface area contributed by atoms with Crippen LogP contribution in [0.1, 0.15) is 45.6 Å². The summed E-state index contributed by atoms with van der Waals surface area (Å²) in [6.45, 7) is 11.6. The number of alkyl halides is 1. The molecule has 1 aromatic rings. The van der Waals surface area contributed by atoms with Crippen LogP contribution in [0.5, 0.6) is 0 Å². The van der Waals surface area contributed by atoms with E-state index in [0.29, 0.717) is 22.7 Å². The smallest absolute Gasteiger partial charge is 0.238 e. The van der Waals surface area contributed by atoms with Crippen molar-refractivity contribution in [2.45, 2.75) is 63.6 Å². The second-order valence-electron chi connectivity index (χ2n) is 11.7. The molecule has 206 valence electrons. The molecular weight excluding hydrogens is 526 g/mol. The van der Waals surface area contributed by atoms with Gasteiger partial charge in [0.1, 0.15) is 12.1 Å². The minimum Gasteiger partial charge on any atom is -0.352 e. The van der Waals surface area contributed by atoms with E-state index in [1.807, 2.05) is 6.07 Å².